The fraction of sp³-hybridized carbons (Fsp3) is 0.700. The lowest BCUT2D eigenvalue weighted by atomic mass is 9.94. The summed E-state index contributed by atoms with van der Waals surface area (Å²) in [6.07, 6.45) is 4.79. The smallest absolute Gasteiger partial charge is 0.226 e. The van der Waals surface area contributed by atoms with Crippen LogP contribution in [0.25, 0.3) is 0 Å². The van der Waals surface area contributed by atoms with Gasteiger partial charge in [0.2, 0.25) is 5.91 Å². The topological polar surface area (TPSA) is 40.5 Å². The fourth-order valence-electron chi connectivity index (χ4n) is 1.44. The molecule has 13 heavy (non-hydrogen) atoms. The molecule has 74 valence electrons. The molecule has 0 saturated carbocycles. The Kier molecular flexibility index (Phi) is 3.48. The van der Waals surface area contributed by atoms with Crippen LogP contribution in [0.4, 0.5) is 0 Å². The predicted octanol–water partition coefficient (Wildman–Crippen LogP) is 0.936. The van der Waals surface area contributed by atoms with Crippen LogP contribution in [-0.4, -0.2) is 36.1 Å². The van der Waals surface area contributed by atoms with Crippen molar-refractivity contribution in [1.82, 2.24) is 4.90 Å². The lowest BCUT2D eigenvalue weighted by Gasteiger charge is -2.20. The number of aliphatic hydroxyl groups is 1. The van der Waals surface area contributed by atoms with Crippen LogP contribution in [0.5, 0.6) is 0 Å². The zero-order valence-corrected chi connectivity index (χ0v) is 8.29. The number of carbonyl (C=O) groups excluding carboxylic acids is 1. The van der Waals surface area contributed by atoms with Crippen molar-refractivity contribution in [2.45, 2.75) is 31.8 Å². The summed E-state index contributed by atoms with van der Waals surface area (Å²) in [6.45, 7) is 0. The van der Waals surface area contributed by atoms with Gasteiger partial charge in [0, 0.05) is 14.1 Å². The highest BCUT2D eigenvalue weighted by Gasteiger charge is 2.17. The molecule has 0 heterocycles. The minimum absolute atomic E-state index is 0.0622. The number of nitrogens with zero attached hydrogens (tertiary/aromatic N) is 1. The third-order valence-electron chi connectivity index (χ3n) is 2.37. The number of hydrogen-bond acceptors (Lipinski definition) is 2. The summed E-state index contributed by atoms with van der Waals surface area (Å²) in [5.41, 5.74) is 0.893. The lowest BCUT2D eigenvalue weighted by molar-refractivity contribution is -0.128. The number of aliphatic hydroxyl groups excluding tert-OH is 1. The molecule has 0 bridgehead atoms. The second-order valence-electron chi connectivity index (χ2n) is 3.69. The van der Waals surface area contributed by atoms with Gasteiger partial charge in [0.1, 0.15) is 0 Å². The quantitative estimate of drug-likeness (QED) is 0.647. The molecule has 1 rings (SSSR count). The van der Waals surface area contributed by atoms with Gasteiger partial charge in [0.25, 0.3) is 0 Å². The van der Waals surface area contributed by atoms with Gasteiger partial charge in [-0.25, -0.2) is 0 Å². The zero-order chi connectivity index (χ0) is 9.84. The molecule has 1 amide bonds. The standard InChI is InChI=1S/C10H17NO2/c1-11(2)10(13)7-8-5-3-4-6-9(8)12/h5,9,12H,3-4,6-7H2,1-2H3. The van der Waals surface area contributed by atoms with E-state index in [0.717, 1.165) is 24.8 Å². The Labute approximate surface area is 79.0 Å². The summed E-state index contributed by atoms with van der Waals surface area (Å²) >= 11 is 0. The zero-order valence-electron chi connectivity index (χ0n) is 8.29. The van der Waals surface area contributed by atoms with E-state index in [4.69, 9.17) is 0 Å². The minimum Gasteiger partial charge on any atom is -0.389 e. The molecule has 3 heteroatoms. The van der Waals surface area contributed by atoms with Crippen molar-refractivity contribution in [2.24, 2.45) is 0 Å². The molecule has 0 aromatic carbocycles. The highest BCUT2D eigenvalue weighted by Crippen LogP contribution is 2.21. The molecule has 1 unspecified atom stereocenters. The Morgan fingerprint density at radius 3 is 2.92 bits per heavy atom. The molecule has 0 aromatic heterocycles. The van der Waals surface area contributed by atoms with E-state index in [1.807, 2.05) is 6.08 Å². The second-order valence-corrected chi connectivity index (χ2v) is 3.69. The molecule has 1 atom stereocenters. The van der Waals surface area contributed by atoms with Gasteiger partial charge in [-0.2, -0.15) is 0 Å². The molecule has 3 nitrogen and oxygen atoms in total. The largest absolute Gasteiger partial charge is 0.389 e. The molecule has 0 radical (unpaired) electrons. The van der Waals surface area contributed by atoms with Gasteiger partial charge < -0.3 is 10.0 Å². The number of hydrogen-bond donors (Lipinski definition) is 1. The Balaban J connectivity index is 2.52. The van der Waals surface area contributed by atoms with Gasteiger partial charge in [0.05, 0.1) is 12.5 Å². The monoisotopic (exact) mass is 183 g/mol. The summed E-state index contributed by atoms with van der Waals surface area (Å²) in [7, 11) is 3.47. The Morgan fingerprint density at radius 1 is 1.69 bits per heavy atom. The maximum absolute atomic E-state index is 11.3. The average molecular weight is 183 g/mol. The molecule has 0 fully saturated rings. The molecule has 0 saturated heterocycles. The molecule has 1 N–H and O–H groups in total. The summed E-state index contributed by atoms with van der Waals surface area (Å²) in [4.78, 5) is 12.9. The van der Waals surface area contributed by atoms with Crippen LogP contribution >= 0.6 is 0 Å². The maximum atomic E-state index is 11.3. The van der Waals surface area contributed by atoms with Gasteiger partial charge in [-0.15, -0.1) is 0 Å². The van der Waals surface area contributed by atoms with Crippen molar-refractivity contribution in [2.75, 3.05) is 14.1 Å². The van der Waals surface area contributed by atoms with Crippen LogP contribution in [0, 0.1) is 0 Å². The summed E-state index contributed by atoms with van der Waals surface area (Å²) in [5.74, 6) is 0.0622. The molecule has 1 aliphatic carbocycles. The number of carbonyl (C=O) groups is 1. The van der Waals surface area contributed by atoms with E-state index in [1.165, 1.54) is 0 Å². The van der Waals surface area contributed by atoms with Gasteiger partial charge >= 0.3 is 0 Å². The summed E-state index contributed by atoms with van der Waals surface area (Å²) in [5, 5.41) is 9.56. The molecule has 0 aliphatic heterocycles. The highest BCUT2D eigenvalue weighted by atomic mass is 16.3. The normalized spacial score (nSPS) is 22.4. The van der Waals surface area contributed by atoms with E-state index in [1.54, 1.807) is 19.0 Å². The maximum Gasteiger partial charge on any atom is 0.226 e. The fourth-order valence-corrected chi connectivity index (χ4v) is 1.44. The van der Waals surface area contributed by atoms with Gasteiger partial charge in [-0.05, 0) is 24.8 Å². The van der Waals surface area contributed by atoms with E-state index in [0.29, 0.717) is 6.42 Å². The predicted molar refractivity (Wildman–Crippen MR) is 51.3 cm³/mol. The molecular weight excluding hydrogens is 166 g/mol. The lowest BCUT2D eigenvalue weighted by Crippen LogP contribution is -2.25. The van der Waals surface area contributed by atoms with Gasteiger partial charge in [0.15, 0.2) is 0 Å². The molecule has 0 aromatic rings. The minimum atomic E-state index is -0.391. The third kappa shape index (κ3) is 2.84. The Morgan fingerprint density at radius 2 is 2.38 bits per heavy atom. The molecule has 1 aliphatic rings. The summed E-state index contributed by atoms with van der Waals surface area (Å²) in [6, 6.07) is 0. The first-order chi connectivity index (χ1) is 6.11. The van der Waals surface area contributed by atoms with E-state index in [-0.39, 0.29) is 5.91 Å². The van der Waals surface area contributed by atoms with Gasteiger partial charge in [-0.1, -0.05) is 6.08 Å². The van der Waals surface area contributed by atoms with Crippen LogP contribution in [0.1, 0.15) is 25.7 Å². The van der Waals surface area contributed by atoms with Crippen LogP contribution < -0.4 is 0 Å². The van der Waals surface area contributed by atoms with E-state index in [9.17, 15) is 9.90 Å². The Bertz CT molecular complexity index is 221. The van der Waals surface area contributed by atoms with E-state index >= 15 is 0 Å². The number of amides is 1. The first kappa shape index (κ1) is 10.3. The van der Waals surface area contributed by atoms with Crippen molar-refractivity contribution in [3.63, 3.8) is 0 Å². The van der Waals surface area contributed by atoms with Crippen molar-refractivity contribution in [1.29, 1.82) is 0 Å². The van der Waals surface area contributed by atoms with E-state index in [2.05, 4.69) is 0 Å². The van der Waals surface area contributed by atoms with Crippen molar-refractivity contribution in [3.8, 4) is 0 Å². The number of rotatable bonds is 2. The van der Waals surface area contributed by atoms with Crippen LogP contribution in [0.15, 0.2) is 11.6 Å². The van der Waals surface area contributed by atoms with Crippen molar-refractivity contribution < 1.29 is 9.90 Å². The van der Waals surface area contributed by atoms with Gasteiger partial charge in [-0.3, -0.25) is 4.79 Å². The number of allylic oxidation sites excluding steroid dienone is 1. The second kappa shape index (κ2) is 4.42. The van der Waals surface area contributed by atoms with E-state index < -0.39 is 6.10 Å². The van der Waals surface area contributed by atoms with Crippen LogP contribution in [-0.2, 0) is 4.79 Å². The summed E-state index contributed by atoms with van der Waals surface area (Å²) < 4.78 is 0. The molecular formula is C10H17NO2. The molecule has 0 spiro atoms. The first-order valence-corrected chi connectivity index (χ1v) is 4.68. The third-order valence-corrected chi connectivity index (χ3v) is 2.37. The SMILES string of the molecule is CN(C)C(=O)CC1=CCCCC1O. The highest BCUT2D eigenvalue weighted by molar-refractivity contribution is 5.78. The first-order valence-electron chi connectivity index (χ1n) is 4.68. The van der Waals surface area contributed by atoms with Crippen LogP contribution in [0.2, 0.25) is 0 Å². The Hall–Kier alpha value is -0.830. The average Bonchev–Trinajstić information content (AvgIpc) is 2.08. The van der Waals surface area contributed by atoms with Crippen molar-refractivity contribution in [3.05, 3.63) is 11.6 Å². The van der Waals surface area contributed by atoms with Crippen molar-refractivity contribution >= 4 is 5.91 Å². The van der Waals surface area contributed by atoms with Crippen LogP contribution in [0.3, 0.4) is 0 Å².